The van der Waals surface area contributed by atoms with E-state index in [9.17, 15) is 0 Å². The maximum atomic E-state index is 5.07. The Labute approximate surface area is 166 Å². The van der Waals surface area contributed by atoms with Crippen LogP contribution in [-0.4, -0.2) is 9.38 Å². The summed E-state index contributed by atoms with van der Waals surface area (Å²) in [6.07, 6.45) is 0. The van der Waals surface area contributed by atoms with Crippen molar-refractivity contribution in [1.82, 2.24) is 9.38 Å². The molecule has 2 heterocycles. The third-order valence-corrected chi connectivity index (χ3v) is 6.12. The number of rotatable bonds is 0. The lowest BCUT2D eigenvalue weighted by atomic mass is 9.96. The van der Waals surface area contributed by atoms with Crippen molar-refractivity contribution in [3.05, 3.63) is 97.1 Å². The van der Waals surface area contributed by atoms with Crippen LogP contribution in [0.4, 0.5) is 0 Å². The smallest absolute Gasteiger partial charge is 0.146 e. The van der Waals surface area contributed by atoms with E-state index in [-0.39, 0.29) is 0 Å². The molecule has 5 aromatic carbocycles. The zero-order valence-electron chi connectivity index (χ0n) is 15.6. The number of benzene rings is 5. The summed E-state index contributed by atoms with van der Waals surface area (Å²) in [6.45, 7) is 0. The number of aromatic nitrogens is 2. The topological polar surface area (TPSA) is 17.3 Å². The molecule has 0 unspecified atom stereocenters. The highest BCUT2D eigenvalue weighted by Gasteiger charge is 2.16. The number of pyridine rings is 1. The molecule has 0 atom stereocenters. The van der Waals surface area contributed by atoms with E-state index in [0.29, 0.717) is 0 Å². The normalized spacial score (nSPS) is 12.1. The fraction of sp³-hybridized carbons (Fsp3) is 0. The second kappa shape index (κ2) is 5.33. The molecule has 134 valence electrons. The van der Waals surface area contributed by atoms with E-state index in [1.165, 1.54) is 43.2 Å². The maximum absolute atomic E-state index is 5.07. The first-order chi connectivity index (χ1) is 14.4. The molecule has 0 N–H and O–H groups in total. The molecule has 2 aromatic heterocycles. The van der Waals surface area contributed by atoms with Crippen LogP contribution in [0.3, 0.4) is 0 Å². The Morgan fingerprint density at radius 2 is 1.17 bits per heavy atom. The minimum absolute atomic E-state index is 1.02. The first-order valence-electron chi connectivity index (χ1n) is 9.92. The molecule has 0 aliphatic carbocycles. The summed E-state index contributed by atoms with van der Waals surface area (Å²) in [6, 6.07) is 34.7. The van der Waals surface area contributed by atoms with Gasteiger partial charge >= 0.3 is 0 Å². The minimum Gasteiger partial charge on any atom is -0.291 e. The molecule has 0 saturated carbocycles. The highest BCUT2D eigenvalue weighted by atomic mass is 15.0. The van der Waals surface area contributed by atoms with Gasteiger partial charge in [-0.25, -0.2) is 4.98 Å². The molecule has 7 aromatic rings. The number of hydrogen-bond donors (Lipinski definition) is 0. The molecule has 0 saturated heterocycles. The van der Waals surface area contributed by atoms with Crippen molar-refractivity contribution >= 4 is 59.9 Å². The van der Waals surface area contributed by atoms with Gasteiger partial charge in [-0.1, -0.05) is 78.9 Å². The first kappa shape index (κ1) is 15.1. The molecule has 29 heavy (non-hydrogen) atoms. The number of nitrogens with zero attached hydrogens (tertiary/aromatic N) is 2. The van der Waals surface area contributed by atoms with Gasteiger partial charge in [-0.2, -0.15) is 0 Å². The van der Waals surface area contributed by atoms with Gasteiger partial charge in [0.15, 0.2) is 0 Å². The second-order valence-electron chi connectivity index (χ2n) is 7.65. The summed E-state index contributed by atoms with van der Waals surface area (Å²) in [7, 11) is 0. The largest absolute Gasteiger partial charge is 0.291 e. The van der Waals surface area contributed by atoms with Gasteiger partial charge in [0.25, 0.3) is 0 Å². The van der Waals surface area contributed by atoms with E-state index >= 15 is 0 Å². The van der Waals surface area contributed by atoms with Crippen LogP contribution in [0.2, 0.25) is 0 Å². The van der Waals surface area contributed by atoms with Gasteiger partial charge in [0.1, 0.15) is 5.65 Å². The lowest BCUT2D eigenvalue weighted by Crippen LogP contribution is -1.93. The van der Waals surface area contributed by atoms with Crippen LogP contribution in [-0.2, 0) is 0 Å². The highest BCUT2D eigenvalue weighted by molar-refractivity contribution is 6.27. The monoisotopic (exact) mass is 368 g/mol. The molecule has 0 fully saturated rings. The van der Waals surface area contributed by atoms with Crippen molar-refractivity contribution < 1.29 is 0 Å². The molecular weight excluding hydrogens is 352 g/mol. The third kappa shape index (κ3) is 1.88. The lowest BCUT2D eigenvalue weighted by molar-refractivity contribution is 1.33. The molecule has 7 rings (SSSR count). The molecule has 2 heteroatoms. The quantitative estimate of drug-likeness (QED) is 0.261. The van der Waals surface area contributed by atoms with Crippen LogP contribution < -0.4 is 0 Å². The van der Waals surface area contributed by atoms with Crippen LogP contribution in [0.15, 0.2) is 97.1 Å². The van der Waals surface area contributed by atoms with E-state index < -0.39 is 0 Å². The van der Waals surface area contributed by atoms with Crippen LogP contribution in [0.1, 0.15) is 0 Å². The predicted octanol–water partition coefficient (Wildman–Crippen LogP) is 7.10. The molecule has 0 spiro atoms. The Balaban J connectivity index is 1.94. The summed E-state index contributed by atoms with van der Waals surface area (Å²) in [5, 5.41) is 8.79. The number of imidazole rings is 1. The SMILES string of the molecule is c1ccc2c(c1)ccc1c2c2ccc3ccccc3c2n2c3ccccc3nc12. The fourth-order valence-corrected chi connectivity index (χ4v) is 4.88. The second-order valence-corrected chi connectivity index (χ2v) is 7.65. The Morgan fingerprint density at radius 1 is 0.517 bits per heavy atom. The third-order valence-electron chi connectivity index (χ3n) is 6.12. The van der Waals surface area contributed by atoms with E-state index in [4.69, 9.17) is 4.98 Å². The number of fused-ring (bicyclic) bond motifs is 12. The van der Waals surface area contributed by atoms with Gasteiger partial charge in [-0.3, -0.25) is 4.40 Å². The summed E-state index contributed by atoms with van der Waals surface area (Å²) in [5.41, 5.74) is 4.44. The maximum Gasteiger partial charge on any atom is 0.146 e. The van der Waals surface area contributed by atoms with Crippen molar-refractivity contribution in [1.29, 1.82) is 0 Å². The minimum atomic E-state index is 1.02. The van der Waals surface area contributed by atoms with Crippen LogP contribution >= 0.6 is 0 Å². The van der Waals surface area contributed by atoms with Crippen LogP contribution in [0, 0.1) is 0 Å². The Kier molecular flexibility index (Phi) is 2.77. The zero-order valence-corrected chi connectivity index (χ0v) is 15.6. The van der Waals surface area contributed by atoms with Crippen molar-refractivity contribution in [3.8, 4) is 0 Å². The summed E-state index contributed by atoms with van der Waals surface area (Å²) in [5.74, 6) is 0. The first-order valence-corrected chi connectivity index (χ1v) is 9.92. The van der Waals surface area contributed by atoms with Gasteiger partial charge in [-0.05, 0) is 34.4 Å². The van der Waals surface area contributed by atoms with Crippen molar-refractivity contribution in [2.75, 3.05) is 0 Å². The average Bonchev–Trinajstić information content (AvgIpc) is 3.18. The van der Waals surface area contributed by atoms with Crippen molar-refractivity contribution in [2.45, 2.75) is 0 Å². The van der Waals surface area contributed by atoms with Gasteiger partial charge in [-0.15, -0.1) is 0 Å². The predicted molar refractivity (Wildman–Crippen MR) is 123 cm³/mol. The van der Waals surface area contributed by atoms with E-state index in [1.54, 1.807) is 0 Å². The van der Waals surface area contributed by atoms with Gasteiger partial charge in [0.05, 0.1) is 16.6 Å². The lowest BCUT2D eigenvalue weighted by Gasteiger charge is -2.13. The Bertz CT molecular complexity index is 1760. The molecule has 0 radical (unpaired) electrons. The molecule has 2 nitrogen and oxygen atoms in total. The van der Waals surface area contributed by atoms with Crippen LogP contribution in [0.25, 0.3) is 59.9 Å². The zero-order chi connectivity index (χ0) is 18.9. The van der Waals surface area contributed by atoms with Gasteiger partial charge in [0, 0.05) is 21.5 Å². The summed E-state index contributed by atoms with van der Waals surface area (Å²) < 4.78 is 2.35. The van der Waals surface area contributed by atoms with E-state index in [0.717, 1.165) is 16.7 Å². The molecule has 0 aliphatic heterocycles. The van der Waals surface area contributed by atoms with Crippen molar-refractivity contribution in [2.24, 2.45) is 0 Å². The van der Waals surface area contributed by atoms with Gasteiger partial charge < -0.3 is 0 Å². The standard InChI is InChI=1S/C27H16N2/c1-3-9-19-17(7-1)14-16-22-25(19)21-15-13-18-8-2-4-10-20(18)26(21)29-24-12-6-5-11-23(24)28-27(22)29/h1-16H. The Morgan fingerprint density at radius 3 is 2.03 bits per heavy atom. The van der Waals surface area contributed by atoms with Crippen molar-refractivity contribution in [3.63, 3.8) is 0 Å². The fourth-order valence-electron chi connectivity index (χ4n) is 4.88. The highest BCUT2D eigenvalue weighted by Crippen LogP contribution is 2.39. The summed E-state index contributed by atoms with van der Waals surface area (Å²) >= 11 is 0. The Hall–Kier alpha value is -3.91. The molecule has 0 bridgehead atoms. The van der Waals surface area contributed by atoms with Gasteiger partial charge in [0.2, 0.25) is 0 Å². The molecule has 0 amide bonds. The number of hydrogen-bond acceptors (Lipinski definition) is 1. The van der Waals surface area contributed by atoms with E-state index in [1.807, 2.05) is 0 Å². The molecule has 0 aliphatic rings. The summed E-state index contributed by atoms with van der Waals surface area (Å²) in [4.78, 5) is 5.07. The number of para-hydroxylation sites is 2. The molecular formula is C27H16N2. The average molecular weight is 368 g/mol. The van der Waals surface area contributed by atoms with E-state index in [2.05, 4.69) is 101 Å². The van der Waals surface area contributed by atoms with Crippen LogP contribution in [0.5, 0.6) is 0 Å².